The van der Waals surface area contributed by atoms with Crippen molar-refractivity contribution in [3.8, 4) is 0 Å². The van der Waals surface area contributed by atoms with Crippen LogP contribution in [0.1, 0.15) is 40.2 Å². The second-order valence-corrected chi connectivity index (χ2v) is 6.40. The van der Waals surface area contributed by atoms with Gasteiger partial charge in [0.05, 0.1) is 17.1 Å². The molecule has 0 saturated carbocycles. The van der Waals surface area contributed by atoms with E-state index in [9.17, 15) is 24.5 Å². The predicted octanol–water partition coefficient (Wildman–Crippen LogP) is 2.91. The lowest BCUT2D eigenvalue weighted by atomic mass is 9.93. The molecular weight excluding hydrogens is 358 g/mol. The maximum Gasteiger partial charge on any atom is 0.430 e. The average molecular weight is 381 g/mol. The molecule has 10 nitrogen and oxygen atoms in total. The Hall–Kier alpha value is -3.17. The fraction of sp³-hybridized carbons (Fsp3) is 0.471. The molecular formula is C17H23N3O7. The summed E-state index contributed by atoms with van der Waals surface area (Å²) in [7, 11) is 0. The van der Waals surface area contributed by atoms with Crippen molar-refractivity contribution < 1.29 is 28.8 Å². The van der Waals surface area contributed by atoms with Crippen molar-refractivity contribution in [2.45, 2.75) is 52.4 Å². The van der Waals surface area contributed by atoms with Crippen LogP contribution in [0.15, 0.2) is 24.3 Å². The molecule has 0 saturated heterocycles. The van der Waals surface area contributed by atoms with Crippen LogP contribution in [0.4, 0.5) is 15.3 Å². The van der Waals surface area contributed by atoms with Crippen molar-refractivity contribution in [3.05, 3.63) is 39.9 Å². The molecule has 0 radical (unpaired) electrons. The summed E-state index contributed by atoms with van der Waals surface area (Å²) in [5.41, 5.74) is 0.562. The van der Waals surface area contributed by atoms with Gasteiger partial charge in [0.2, 0.25) is 0 Å². The minimum atomic E-state index is -1.70. The number of nitrogens with zero attached hydrogens (tertiary/aromatic N) is 2. The van der Waals surface area contributed by atoms with E-state index >= 15 is 0 Å². The molecule has 0 aliphatic carbocycles. The molecule has 0 aliphatic rings. The molecule has 0 heterocycles. The number of nitro benzene ring substituents is 1. The highest BCUT2D eigenvalue weighted by atomic mass is 16.6. The Morgan fingerprint density at radius 2 is 1.67 bits per heavy atom. The molecule has 1 aromatic carbocycles. The molecule has 0 bridgehead atoms. The normalized spacial score (nSPS) is 12.9. The molecule has 0 aliphatic heterocycles. The Bertz CT molecular complexity index is 703. The smallest absolute Gasteiger partial charge is 0.430 e. The van der Waals surface area contributed by atoms with Crippen LogP contribution in [0.5, 0.6) is 0 Å². The van der Waals surface area contributed by atoms with Crippen LogP contribution in [0.3, 0.4) is 0 Å². The third kappa shape index (κ3) is 5.66. The number of benzene rings is 1. The van der Waals surface area contributed by atoms with Crippen LogP contribution in [0, 0.1) is 10.1 Å². The number of carbonyl (C=O) groups is 3. The zero-order chi connectivity index (χ0) is 20.8. The van der Waals surface area contributed by atoms with Crippen molar-refractivity contribution in [1.29, 1.82) is 0 Å². The van der Waals surface area contributed by atoms with Gasteiger partial charge in [-0.25, -0.2) is 15.0 Å². The molecule has 1 unspecified atom stereocenters. The maximum atomic E-state index is 12.5. The minimum Gasteiger partial charge on any atom is -0.446 e. The van der Waals surface area contributed by atoms with E-state index in [1.54, 1.807) is 27.7 Å². The summed E-state index contributed by atoms with van der Waals surface area (Å²) < 4.78 is 10.1. The maximum absolute atomic E-state index is 12.5. The van der Waals surface area contributed by atoms with Gasteiger partial charge in [-0.15, -0.1) is 0 Å². The second kappa shape index (κ2) is 8.97. The molecule has 27 heavy (non-hydrogen) atoms. The van der Waals surface area contributed by atoms with E-state index in [0.29, 0.717) is 11.3 Å². The molecule has 148 valence electrons. The molecule has 2 amide bonds. The van der Waals surface area contributed by atoms with Gasteiger partial charge in [-0.3, -0.25) is 10.1 Å². The van der Waals surface area contributed by atoms with Gasteiger partial charge in [-0.2, -0.15) is 5.01 Å². The molecule has 0 spiro atoms. The van der Waals surface area contributed by atoms with E-state index in [-0.39, 0.29) is 11.3 Å². The fourth-order valence-electron chi connectivity index (χ4n) is 2.11. The number of nitro groups is 1. The Labute approximate surface area is 156 Å². The first-order valence-electron chi connectivity index (χ1n) is 8.20. The highest BCUT2D eigenvalue weighted by molar-refractivity contribution is 5.81. The third-order valence-electron chi connectivity index (χ3n) is 3.42. The number of non-ortho nitro benzene ring substituents is 1. The van der Waals surface area contributed by atoms with Crippen LogP contribution in [-0.4, -0.2) is 40.6 Å². The number of hydrogen-bond acceptors (Lipinski definition) is 7. The fourth-order valence-corrected chi connectivity index (χ4v) is 2.11. The Kier molecular flexibility index (Phi) is 7.26. The van der Waals surface area contributed by atoms with Crippen LogP contribution in [-0.2, 0) is 19.8 Å². The zero-order valence-corrected chi connectivity index (χ0v) is 15.8. The monoisotopic (exact) mass is 381 g/mol. The first kappa shape index (κ1) is 21.9. The number of carbonyl (C=O) groups excluding carboxylic acids is 3. The minimum absolute atomic E-state index is 0.185. The topological polar surface area (TPSA) is 128 Å². The SMILES string of the molecule is CC(C)OC(=O)NN(C(=O)OC(C)C)C(C)(C=O)c1ccc([N+](=O)[O-])cc1. The lowest BCUT2D eigenvalue weighted by Gasteiger charge is -2.36. The van der Waals surface area contributed by atoms with Crippen molar-refractivity contribution in [1.82, 2.24) is 10.4 Å². The summed E-state index contributed by atoms with van der Waals surface area (Å²) in [6.07, 6.45) is -2.50. The van der Waals surface area contributed by atoms with Crippen LogP contribution in [0.25, 0.3) is 0 Å². The van der Waals surface area contributed by atoms with E-state index < -0.39 is 34.9 Å². The first-order chi connectivity index (χ1) is 12.5. The van der Waals surface area contributed by atoms with E-state index in [2.05, 4.69) is 5.43 Å². The summed E-state index contributed by atoms with van der Waals surface area (Å²) in [6, 6.07) is 5.01. The van der Waals surface area contributed by atoms with Crippen LogP contribution in [0.2, 0.25) is 0 Å². The summed E-state index contributed by atoms with van der Waals surface area (Å²) in [5.74, 6) is 0. The van der Waals surface area contributed by atoms with Gasteiger partial charge in [0, 0.05) is 12.1 Å². The highest BCUT2D eigenvalue weighted by Crippen LogP contribution is 2.28. The number of hydrazine groups is 1. The van der Waals surface area contributed by atoms with Gasteiger partial charge >= 0.3 is 12.2 Å². The number of amides is 2. The third-order valence-corrected chi connectivity index (χ3v) is 3.42. The first-order valence-corrected chi connectivity index (χ1v) is 8.20. The van der Waals surface area contributed by atoms with E-state index in [0.717, 1.165) is 0 Å². The zero-order valence-electron chi connectivity index (χ0n) is 15.8. The highest BCUT2D eigenvalue weighted by Gasteiger charge is 2.40. The second-order valence-electron chi connectivity index (χ2n) is 6.40. The summed E-state index contributed by atoms with van der Waals surface area (Å²) in [4.78, 5) is 46.6. The predicted molar refractivity (Wildman–Crippen MR) is 94.7 cm³/mol. The van der Waals surface area contributed by atoms with Crippen molar-refractivity contribution >= 4 is 24.2 Å². The number of hydrogen-bond donors (Lipinski definition) is 1. The molecule has 1 aromatic rings. The van der Waals surface area contributed by atoms with Gasteiger partial charge in [-0.1, -0.05) is 0 Å². The Balaban J connectivity index is 3.30. The molecule has 10 heteroatoms. The molecule has 1 atom stereocenters. The van der Waals surface area contributed by atoms with Gasteiger partial charge in [0.1, 0.15) is 5.54 Å². The number of nitrogens with one attached hydrogen (secondary N) is 1. The largest absolute Gasteiger partial charge is 0.446 e. The quantitative estimate of drug-likeness (QED) is 0.456. The molecule has 0 aromatic heterocycles. The Morgan fingerprint density at radius 3 is 2.07 bits per heavy atom. The summed E-state index contributed by atoms with van der Waals surface area (Å²) >= 11 is 0. The van der Waals surface area contributed by atoms with E-state index in [1.807, 2.05) is 0 Å². The number of ether oxygens (including phenoxy) is 2. The summed E-state index contributed by atoms with van der Waals surface area (Å²) in [6.45, 7) is 7.80. The van der Waals surface area contributed by atoms with Crippen molar-refractivity contribution in [2.75, 3.05) is 0 Å². The van der Waals surface area contributed by atoms with E-state index in [4.69, 9.17) is 9.47 Å². The standard InChI is InChI=1S/C17H23N3O7/c1-11(2)26-15(22)18-19(16(23)27-12(3)4)17(5,10-21)13-6-8-14(9-7-13)20(24)25/h6-12H,1-5H3,(H,18,22). The van der Waals surface area contributed by atoms with Crippen LogP contribution < -0.4 is 5.43 Å². The Morgan fingerprint density at radius 1 is 1.15 bits per heavy atom. The van der Waals surface area contributed by atoms with Crippen LogP contribution >= 0.6 is 0 Å². The van der Waals surface area contributed by atoms with Gasteiger partial charge in [0.25, 0.3) is 5.69 Å². The molecule has 1 N–H and O–H groups in total. The molecule has 1 rings (SSSR count). The lowest BCUT2D eigenvalue weighted by Crippen LogP contribution is -2.58. The van der Waals surface area contributed by atoms with Gasteiger partial charge < -0.3 is 14.3 Å². The number of aldehydes is 1. The van der Waals surface area contributed by atoms with E-state index in [1.165, 1.54) is 31.2 Å². The van der Waals surface area contributed by atoms with Crippen molar-refractivity contribution in [2.24, 2.45) is 0 Å². The van der Waals surface area contributed by atoms with Gasteiger partial charge in [0.15, 0.2) is 6.29 Å². The number of rotatable bonds is 6. The summed E-state index contributed by atoms with van der Waals surface area (Å²) in [5, 5.41) is 11.5. The lowest BCUT2D eigenvalue weighted by molar-refractivity contribution is -0.384. The average Bonchev–Trinajstić information content (AvgIpc) is 2.57. The van der Waals surface area contributed by atoms with Gasteiger partial charge in [-0.05, 0) is 52.3 Å². The molecule has 0 fully saturated rings. The van der Waals surface area contributed by atoms with Crippen molar-refractivity contribution in [3.63, 3.8) is 0 Å².